The van der Waals surface area contributed by atoms with E-state index in [4.69, 9.17) is 4.74 Å². The van der Waals surface area contributed by atoms with Crippen LogP contribution in [0.1, 0.15) is 59.6 Å². The van der Waals surface area contributed by atoms with Crippen molar-refractivity contribution in [2.45, 2.75) is 52.4 Å². The van der Waals surface area contributed by atoms with E-state index < -0.39 is 29.3 Å². The van der Waals surface area contributed by atoms with Crippen LogP contribution in [0, 0.1) is 13.8 Å². The van der Waals surface area contributed by atoms with Crippen molar-refractivity contribution in [2.75, 3.05) is 6.54 Å². The summed E-state index contributed by atoms with van der Waals surface area (Å²) in [4.78, 5) is 13.1. The summed E-state index contributed by atoms with van der Waals surface area (Å²) in [5, 5.41) is 17.5. The predicted octanol–water partition coefficient (Wildman–Crippen LogP) is 5.53. The van der Waals surface area contributed by atoms with Gasteiger partial charge in [-0.2, -0.15) is 18.3 Å². The van der Waals surface area contributed by atoms with Gasteiger partial charge in [0, 0.05) is 6.54 Å². The van der Waals surface area contributed by atoms with Gasteiger partial charge in [-0.25, -0.2) is 0 Å². The Balaban J connectivity index is 1.86. The van der Waals surface area contributed by atoms with Gasteiger partial charge in [0.05, 0.1) is 23.4 Å². The van der Waals surface area contributed by atoms with E-state index in [1.807, 2.05) is 52.8 Å². The van der Waals surface area contributed by atoms with E-state index in [1.54, 1.807) is 0 Å². The van der Waals surface area contributed by atoms with Crippen molar-refractivity contribution in [3.8, 4) is 11.5 Å². The molecule has 0 fully saturated rings. The number of benzene rings is 2. The summed E-state index contributed by atoms with van der Waals surface area (Å²) in [5.41, 5.74) is 1.20. The van der Waals surface area contributed by atoms with Crippen molar-refractivity contribution in [1.82, 2.24) is 15.1 Å². The molecule has 0 aliphatic rings. The average Bonchev–Trinajstić information content (AvgIpc) is 3.15. The van der Waals surface area contributed by atoms with Crippen molar-refractivity contribution < 1.29 is 27.8 Å². The third kappa shape index (κ3) is 5.77. The number of aryl methyl sites for hydroxylation is 2. The number of aliphatic hydroxyl groups is 1. The maximum absolute atomic E-state index is 13.1. The Morgan fingerprint density at radius 2 is 1.85 bits per heavy atom. The van der Waals surface area contributed by atoms with E-state index in [0.29, 0.717) is 5.56 Å². The van der Waals surface area contributed by atoms with E-state index in [1.165, 1.54) is 23.0 Å². The Morgan fingerprint density at radius 3 is 2.47 bits per heavy atom. The molecule has 1 aromatic heterocycles. The number of hydrogen-bond acceptors (Lipinski definition) is 4. The molecule has 0 saturated carbocycles. The van der Waals surface area contributed by atoms with Crippen LogP contribution in [0.25, 0.3) is 0 Å². The van der Waals surface area contributed by atoms with E-state index in [0.717, 1.165) is 23.3 Å². The molecule has 0 spiro atoms. The second kappa shape index (κ2) is 9.50. The van der Waals surface area contributed by atoms with Crippen LogP contribution in [-0.2, 0) is 11.7 Å². The quantitative estimate of drug-likeness (QED) is 0.492. The molecule has 0 aliphatic carbocycles. The summed E-state index contributed by atoms with van der Waals surface area (Å²) in [5.74, 6) is -0.640. The fourth-order valence-corrected chi connectivity index (χ4v) is 3.57. The number of nitrogens with zero attached hydrogens (tertiary/aromatic N) is 2. The average molecular weight is 476 g/mol. The highest BCUT2D eigenvalue weighted by Crippen LogP contribution is 2.34. The summed E-state index contributed by atoms with van der Waals surface area (Å²) >= 11 is 0. The molecule has 9 heteroatoms. The zero-order valence-electron chi connectivity index (χ0n) is 19.7. The normalized spacial score (nSPS) is 13.0. The van der Waals surface area contributed by atoms with Gasteiger partial charge in [0.1, 0.15) is 5.75 Å². The maximum Gasteiger partial charge on any atom is 0.416 e. The molecule has 182 valence electrons. The summed E-state index contributed by atoms with van der Waals surface area (Å²) in [6.07, 6.45) is -4.18. The largest absolute Gasteiger partial charge is 0.453 e. The molecule has 0 aliphatic heterocycles. The molecule has 6 nitrogen and oxygen atoms in total. The van der Waals surface area contributed by atoms with Crippen molar-refractivity contribution in [3.05, 3.63) is 76.6 Å². The van der Waals surface area contributed by atoms with E-state index >= 15 is 0 Å². The van der Waals surface area contributed by atoms with Gasteiger partial charge in [-0.1, -0.05) is 29.8 Å². The second-order valence-corrected chi connectivity index (χ2v) is 9.15. The molecule has 0 radical (unpaired) electrons. The monoisotopic (exact) mass is 475 g/mol. The van der Waals surface area contributed by atoms with Crippen LogP contribution >= 0.6 is 0 Å². The Bertz CT molecular complexity index is 1180. The number of rotatable bonds is 6. The predicted molar refractivity (Wildman–Crippen MR) is 122 cm³/mol. The molecule has 3 rings (SSSR count). The number of nitrogens with one attached hydrogen (secondary N) is 1. The Kier molecular flexibility index (Phi) is 7.07. The van der Waals surface area contributed by atoms with Crippen LogP contribution in [-0.4, -0.2) is 27.3 Å². The molecular weight excluding hydrogens is 447 g/mol. The van der Waals surface area contributed by atoms with Crippen LogP contribution in [0.5, 0.6) is 11.5 Å². The minimum absolute atomic E-state index is 0.00718. The molecule has 1 amide bonds. The molecule has 0 bridgehead atoms. The summed E-state index contributed by atoms with van der Waals surface area (Å²) in [6, 6.07) is 10.0. The molecule has 3 aromatic rings. The fourth-order valence-electron chi connectivity index (χ4n) is 3.57. The van der Waals surface area contributed by atoms with Crippen LogP contribution in [0.3, 0.4) is 0 Å². The maximum atomic E-state index is 13.1. The number of carbonyl (C=O) groups is 1. The lowest BCUT2D eigenvalue weighted by molar-refractivity contribution is -0.137. The molecule has 1 atom stereocenters. The van der Waals surface area contributed by atoms with E-state index in [9.17, 15) is 23.1 Å². The molecular formula is C25H28F3N3O3. The molecule has 1 unspecified atom stereocenters. The van der Waals surface area contributed by atoms with E-state index in [-0.39, 0.29) is 23.7 Å². The van der Waals surface area contributed by atoms with Gasteiger partial charge in [0.15, 0.2) is 11.4 Å². The SMILES string of the molecule is Cc1ccc(C(O)CNC(=O)c2c(Oc3cccc(C(F)(F)F)c3)cnn2C(C)(C)C)c(C)c1. The lowest BCUT2D eigenvalue weighted by Gasteiger charge is -2.23. The van der Waals surface area contributed by atoms with Crippen LogP contribution in [0.15, 0.2) is 48.7 Å². The smallest absolute Gasteiger partial charge is 0.416 e. The van der Waals surface area contributed by atoms with Gasteiger partial charge >= 0.3 is 6.18 Å². The van der Waals surface area contributed by atoms with Crippen molar-refractivity contribution in [2.24, 2.45) is 0 Å². The highest BCUT2D eigenvalue weighted by atomic mass is 19.4. The first-order valence-corrected chi connectivity index (χ1v) is 10.7. The Labute approximate surface area is 196 Å². The molecule has 1 heterocycles. The van der Waals surface area contributed by atoms with Crippen LogP contribution in [0.4, 0.5) is 13.2 Å². The first-order chi connectivity index (χ1) is 15.8. The van der Waals surface area contributed by atoms with Crippen molar-refractivity contribution >= 4 is 5.91 Å². The number of ether oxygens (including phenoxy) is 1. The third-order valence-electron chi connectivity index (χ3n) is 5.22. The molecule has 2 N–H and O–H groups in total. The number of aliphatic hydroxyl groups excluding tert-OH is 1. The Hall–Kier alpha value is -3.33. The minimum Gasteiger partial charge on any atom is -0.453 e. The molecule has 34 heavy (non-hydrogen) atoms. The van der Waals surface area contributed by atoms with Gasteiger partial charge in [0.25, 0.3) is 5.91 Å². The number of hydrogen-bond donors (Lipinski definition) is 2. The summed E-state index contributed by atoms with van der Waals surface area (Å²) < 4.78 is 46.3. The number of halogens is 3. The zero-order chi connectivity index (χ0) is 25.3. The first kappa shape index (κ1) is 25.3. The highest BCUT2D eigenvalue weighted by molar-refractivity contribution is 5.95. The summed E-state index contributed by atoms with van der Waals surface area (Å²) in [7, 11) is 0. The van der Waals surface area contributed by atoms with E-state index in [2.05, 4.69) is 10.4 Å². The molecule has 0 saturated heterocycles. The minimum atomic E-state index is -4.53. The summed E-state index contributed by atoms with van der Waals surface area (Å²) in [6.45, 7) is 9.24. The number of alkyl halides is 3. The Morgan fingerprint density at radius 1 is 1.15 bits per heavy atom. The first-order valence-electron chi connectivity index (χ1n) is 10.7. The van der Waals surface area contributed by atoms with Crippen LogP contribution in [0.2, 0.25) is 0 Å². The number of carbonyl (C=O) groups excluding carboxylic acids is 1. The van der Waals surface area contributed by atoms with Crippen molar-refractivity contribution in [1.29, 1.82) is 0 Å². The lowest BCUT2D eigenvalue weighted by atomic mass is 10.0. The standard InChI is InChI=1S/C25H28F3N3O3/c1-15-9-10-19(16(2)11-15)20(32)13-29-23(33)22-21(14-30-31(22)24(3,4)5)34-18-8-6-7-17(12-18)25(26,27)28/h6-12,14,20,32H,13H2,1-5H3,(H,29,33). The van der Waals surface area contributed by atoms with Crippen molar-refractivity contribution in [3.63, 3.8) is 0 Å². The number of aromatic nitrogens is 2. The second-order valence-electron chi connectivity index (χ2n) is 9.15. The number of amides is 1. The van der Waals surface area contributed by atoms with Gasteiger partial charge in [-0.15, -0.1) is 0 Å². The fraction of sp³-hybridized carbons (Fsp3) is 0.360. The molecule has 2 aromatic carbocycles. The lowest BCUT2D eigenvalue weighted by Crippen LogP contribution is -2.34. The van der Waals surface area contributed by atoms with Crippen LogP contribution < -0.4 is 10.1 Å². The van der Waals surface area contributed by atoms with Gasteiger partial charge in [-0.3, -0.25) is 9.48 Å². The highest BCUT2D eigenvalue weighted by Gasteiger charge is 2.31. The van der Waals surface area contributed by atoms with Gasteiger partial charge in [0.2, 0.25) is 0 Å². The topological polar surface area (TPSA) is 76.4 Å². The third-order valence-corrected chi connectivity index (χ3v) is 5.22. The van der Waals surface area contributed by atoms with Gasteiger partial charge in [-0.05, 0) is 63.9 Å². The van der Waals surface area contributed by atoms with Gasteiger partial charge < -0.3 is 15.2 Å². The zero-order valence-corrected chi connectivity index (χ0v) is 19.7.